The first-order valence-electron chi connectivity index (χ1n) is 6.30. The second-order valence-corrected chi connectivity index (χ2v) is 4.62. The van der Waals surface area contributed by atoms with Crippen LogP contribution in [-0.2, 0) is 7.05 Å². The molecule has 0 radical (unpaired) electrons. The third-order valence-electron chi connectivity index (χ3n) is 3.24. The van der Waals surface area contributed by atoms with E-state index < -0.39 is 0 Å². The van der Waals surface area contributed by atoms with Crippen LogP contribution >= 0.6 is 12.4 Å². The Hall–Kier alpha value is -1.72. The van der Waals surface area contributed by atoms with Crippen molar-refractivity contribution in [3.8, 4) is 11.4 Å². The third-order valence-corrected chi connectivity index (χ3v) is 3.24. The van der Waals surface area contributed by atoms with E-state index in [1.165, 1.54) is 5.57 Å². The highest BCUT2D eigenvalue weighted by atomic mass is 35.5. The van der Waals surface area contributed by atoms with Crippen LogP contribution in [0.3, 0.4) is 0 Å². The maximum absolute atomic E-state index is 14.2. The number of aromatic nitrogens is 3. The molecule has 3 rings (SSSR count). The van der Waals surface area contributed by atoms with Gasteiger partial charge in [-0.3, -0.25) is 4.68 Å². The van der Waals surface area contributed by atoms with E-state index in [1.54, 1.807) is 30.2 Å². The molecule has 0 bridgehead atoms. The molecule has 0 atom stereocenters. The molecule has 1 aliphatic rings. The van der Waals surface area contributed by atoms with Crippen LogP contribution < -0.4 is 5.32 Å². The van der Waals surface area contributed by atoms with Gasteiger partial charge in [-0.25, -0.2) is 9.37 Å². The first kappa shape index (κ1) is 14.7. The highest BCUT2D eigenvalue weighted by Gasteiger charge is 2.12. The van der Waals surface area contributed by atoms with Crippen LogP contribution in [0.1, 0.15) is 12.0 Å². The minimum absolute atomic E-state index is 0. The first-order valence-corrected chi connectivity index (χ1v) is 6.30. The second-order valence-electron chi connectivity index (χ2n) is 4.62. The fraction of sp³-hybridized carbons (Fsp3) is 0.286. The number of nitrogens with one attached hydrogen (secondary N) is 1. The number of hydrogen-bond acceptors (Lipinski definition) is 3. The van der Waals surface area contributed by atoms with E-state index in [1.807, 2.05) is 6.07 Å². The van der Waals surface area contributed by atoms with E-state index in [9.17, 15) is 4.39 Å². The fourth-order valence-electron chi connectivity index (χ4n) is 2.24. The molecule has 2 aromatic rings. The number of benzene rings is 1. The normalized spacial score (nSPS) is 14.6. The molecule has 20 heavy (non-hydrogen) atoms. The van der Waals surface area contributed by atoms with Crippen molar-refractivity contribution in [2.75, 3.05) is 13.1 Å². The average molecular weight is 295 g/mol. The Balaban J connectivity index is 0.00000147. The topological polar surface area (TPSA) is 42.7 Å². The summed E-state index contributed by atoms with van der Waals surface area (Å²) < 4.78 is 15.7. The Morgan fingerprint density at radius 2 is 2.20 bits per heavy atom. The van der Waals surface area contributed by atoms with Gasteiger partial charge in [-0.05, 0) is 36.2 Å². The summed E-state index contributed by atoms with van der Waals surface area (Å²) in [6.07, 6.45) is 4.61. The van der Waals surface area contributed by atoms with Crippen molar-refractivity contribution < 1.29 is 4.39 Å². The Bertz CT molecular complexity index is 636. The summed E-state index contributed by atoms with van der Waals surface area (Å²) >= 11 is 0. The zero-order valence-electron chi connectivity index (χ0n) is 11.1. The summed E-state index contributed by atoms with van der Waals surface area (Å²) in [5.74, 6) is 0.147. The molecule has 1 N–H and O–H groups in total. The molecule has 0 amide bonds. The number of halogens is 2. The van der Waals surface area contributed by atoms with Gasteiger partial charge in [-0.2, -0.15) is 5.10 Å². The SMILES string of the molecule is Cl.Cn1cnc(-c2ccc(C3=CCNCC3)cc2F)n1. The summed E-state index contributed by atoms with van der Waals surface area (Å²) in [7, 11) is 1.77. The number of rotatable bonds is 2. The number of aryl methyl sites for hydroxylation is 1. The lowest BCUT2D eigenvalue weighted by Gasteiger charge is -2.14. The maximum atomic E-state index is 14.2. The van der Waals surface area contributed by atoms with E-state index in [-0.39, 0.29) is 18.2 Å². The monoisotopic (exact) mass is 294 g/mol. The molecule has 2 heterocycles. The lowest BCUT2D eigenvalue weighted by Crippen LogP contribution is -2.20. The molecule has 1 aromatic carbocycles. The Kier molecular flexibility index (Phi) is 4.52. The van der Waals surface area contributed by atoms with Gasteiger partial charge < -0.3 is 5.32 Å². The van der Waals surface area contributed by atoms with Crippen molar-refractivity contribution in [2.45, 2.75) is 6.42 Å². The van der Waals surface area contributed by atoms with Gasteiger partial charge in [0.2, 0.25) is 0 Å². The molecule has 1 aliphatic heterocycles. The van der Waals surface area contributed by atoms with Crippen LogP contribution in [0.15, 0.2) is 30.6 Å². The van der Waals surface area contributed by atoms with Gasteiger partial charge in [0.1, 0.15) is 12.1 Å². The highest BCUT2D eigenvalue weighted by molar-refractivity contribution is 5.85. The van der Waals surface area contributed by atoms with Crippen molar-refractivity contribution in [3.05, 3.63) is 42.0 Å². The van der Waals surface area contributed by atoms with Crippen LogP contribution in [0.5, 0.6) is 0 Å². The molecule has 0 saturated carbocycles. The summed E-state index contributed by atoms with van der Waals surface area (Å²) in [5.41, 5.74) is 2.58. The molecule has 0 spiro atoms. The number of nitrogens with zero attached hydrogens (tertiary/aromatic N) is 3. The van der Waals surface area contributed by atoms with Crippen molar-refractivity contribution in [1.82, 2.24) is 20.1 Å². The Morgan fingerprint density at radius 1 is 1.35 bits per heavy atom. The molecule has 6 heteroatoms. The zero-order valence-corrected chi connectivity index (χ0v) is 12.0. The summed E-state index contributed by atoms with van der Waals surface area (Å²) in [5, 5.41) is 7.37. The maximum Gasteiger partial charge on any atom is 0.184 e. The summed E-state index contributed by atoms with van der Waals surface area (Å²) in [4.78, 5) is 4.08. The van der Waals surface area contributed by atoms with Crippen molar-refractivity contribution in [2.24, 2.45) is 7.05 Å². The van der Waals surface area contributed by atoms with Crippen LogP contribution in [0.2, 0.25) is 0 Å². The minimum Gasteiger partial charge on any atom is -0.313 e. The van der Waals surface area contributed by atoms with Crippen molar-refractivity contribution >= 4 is 18.0 Å². The molecule has 0 fully saturated rings. The quantitative estimate of drug-likeness (QED) is 0.925. The highest BCUT2D eigenvalue weighted by Crippen LogP contribution is 2.25. The number of hydrogen-bond donors (Lipinski definition) is 1. The van der Waals surface area contributed by atoms with Gasteiger partial charge in [0, 0.05) is 13.6 Å². The molecular formula is C14H16ClFN4. The lowest BCUT2D eigenvalue weighted by atomic mass is 9.98. The van der Waals surface area contributed by atoms with E-state index in [0.29, 0.717) is 11.4 Å². The Morgan fingerprint density at radius 3 is 2.80 bits per heavy atom. The van der Waals surface area contributed by atoms with Gasteiger partial charge in [-0.15, -0.1) is 12.4 Å². The first-order chi connectivity index (χ1) is 9.24. The van der Waals surface area contributed by atoms with E-state index >= 15 is 0 Å². The Labute approximate surface area is 123 Å². The smallest absolute Gasteiger partial charge is 0.184 e. The average Bonchev–Trinajstić information content (AvgIpc) is 2.86. The fourth-order valence-corrected chi connectivity index (χ4v) is 2.24. The van der Waals surface area contributed by atoms with Gasteiger partial charge in [0.15, 0.2) is 5.82 Å². The van der Waals surface area contributed by atoms with Crippen LogP contribution in [0.25, 0.3) is 17.0 Å². The van der Waals surface area contributed by atoms with Gasteiger partial charge >= 0.3 is 0 Å². The van der Waals surface area contributed by atoms with E-state index in [2.05, 4.69) is 21.5 Å². The van der Waals surface area contributed by atoms with Crippen LogP contribution in [-0.4, -0.2) is 27.9 Å². The van der Waals surface area contributed by atoms with Crippen molar-refractivity contribution in [1.29, 1.82) is 0 Å². The molecule has 0 aliphatic carbocycles. The largest absolute Gasteiger partial charge is 0.313 e. The predicted molar refractivity (Wildman–Crippen MR) is 79.1 cm³/mol. The summed E-state index contributed by atoms with van der Waals surface area (Å²) in [6, 6.07) is 5.26. The molecule has 0 unspecified atom stereocenters. The second kappa shape index (κ2) is 6.15. The zero-order chi connectivity index (χ0) is 13.2. The standard InChI is InChI=1S/C14H15FN4.ClH/c1-19-9-17-14(18-19)12-3-2-11(8-13(12)15)10-4-6-16-7-5-10;/h2-4,8-9,16H,5-7H2,1H3;1H. The van der Waals surface area contributed by atoms with E-state index in [0.717, 1.165) is 25.1 Å². The lowest BCUT2D eigenvalue weighted by molar-refractivity contribution is 0.628. The van der Waals surface area contributed by atoms with Gasteiger partial charge in [-0.1, -0.05) is 12.1 Å². The molecule has 4 nitrogen and oxygen atoms in total. The van der Waals surface area contributed by atoms with E-state index in [4.69, 9.17) is 0 Å². The third kappa shape index (κ3) is 2.89. The van der Waals surface area contributed by atoms with Gasteiger partial charge in [0.25, 0.3) is 0 Å². The minimum atomic E-state index is -0.275. The molecule has 1 aromatic heterocycles. The predicted octanol–water partition coefficient (Wildman–Crippen LogP) is 2.42. The summed E-state index contributed by atoms with van der Waals surface area (Å²) in [6.45, 7) is 1.79. The van der Waals surface area contributed by atoms with Gasteiger partial charge in [0.05, 0.1) is 5.56 Å². The van der Waals surface area contributed by atoms with Crippen LogP contribution in [0, 0.1) is 5.82 Å². The van der Waals surface area contributed by atoms with Crippen molar-refractivity contribution in [3.63, 3.8) is 0 Å². The molecular weight excluding hydrogens is 279 g/mol. The molecule has 106 valence electrons. The van der Waals surface area contributed by atoms with Crippen LogP contribution in [0.4, 0.5) is 4.39 Å². The molecule has 0 saturated heterocycles.